The number of likely N-dealkylation sites (N-methyl/N-ethyl adjacent to an activating group) is 1. The van der Waals surface area contributed by atoms with Crippen molar-refractivity contribution in [1.82, 2.24) is 4.90 Å². The highest BCUT2D eigenvalue weighted by molar-refractivity contribution is 5.76. The van der Waals surface area contributed by atoms with E-state index >= 15 is 0 Å². The minimum Gasteiger partial charge on any atom is -0.376 e. The SMILES string of the molecule is CC(C)C(N)CC(=O)N(C)CC1CCCCO1. The molecule has 1 aliphatic heterocycles. The minimum absolute atomic E-state index is 0.0442. The molecule has 4 nitrogen and oxygen atoms in total. The molecule has 2 N–H and O–H groups in total. The number of hydrogen-bond acceptors (Lipinski definition) is 3. The monoisotopic (exact) mass is 242 g/mol. The summed E-state index contributed by atoms with van der Waals surface area (Å²) in [5.74, 6) is 0.471. The second kappa shape index (κ2) is 6.97. The largest absolute Gasteiger partial charge is 0.376 e. The van der Waals surface area contributed by atoms with Gasteiger partial charge in [0.15, 0.2) is 0 Å². The first-order chi connectivity index (χ1) is 8.00. The zero-order valence-electron chi connectivity index (χ0n) is 11.3. The average molecular weight is 242 g/mol. The molecular weight excluding hydrogens is 216 g/mol. The van der Waals surface area contributed by atoms with E-state index in [1.807, 2.05) is 20.9 Å². The Hall–Kier alpha value is -0.610. The summed E-state index contributed by atoms with van der Waals surface area (Å²) in [7, 11) is 1.84. The zero-order chi connectivity index (χ0) is 12.8. The molecule has 0 aromatic rings. The third-order valence-corrected chi connectivity index (χ3v) is 3.44. The molecule has 17 heavy (non-hydrogen) atoms. The van der Waals surface area contributed by atoms with E-state index in [2.05, 4.69) is 0 Å². The second-order valence-corrected chi connectivity index (χ2v) is 5.37. The van der Waals surface area contributed by atoms with E-state index in [-0.39, 0.29) is 18.1 Å². The van der Waals surface area contributed by atoms with Crippen molar-refractivity contribution in [2.75, 3.05) is 20.2 Å². The Kier molecular flexibility index (Phi) is 5.92. The number of nitrogens with zero attached hydrogens (tertiary/aromatic N) is 1. The molecule has 2 atom stereocenters. The normalized spacial score (nSPS) is 22.5. The summed E-state index contributed by atoms with van der Waals surface area (Å²) < 4.78 is 5.63. The molecule has 1 rings (SSSR count). The average Bonchev–Trinajstić information content (AvgIpc) is 2.29. The van der Waals surface area contributed by atoms with Crippen molar-refractivity contribution >= 4 is 5.91 Å². The molecule has 1 saturated heterocycles. The van der Waals surface area contributed by atoms with E-state index in [0.29, 0.717) is 18.9 Å². The number of amides is 1. The van der Waals surface area contributed by atoms with Gasteiger partial charge in [0.1, 0.15) is 0 Å². The van der Waals surface area contributed by atoms with Crippen LogP contribution in [0.3, 0.4) is 0 Å². The van der Waals surface area contributed by atoms with Crippen molar-refractivity contribution in [2.45, 2.75) is 51.7 Å². The van der Waals surface area contributed by atoms with Gasteiger partial charge in [0.25, 0.3) is 0 Å². The lowest BCUT2D eigenvalue weighted by Crippen LogP contribution is -2.40. The van der Waals surface area contributed by atoms with Crippen LogP contribution in [0.2, 0.25) is 0 Å². The van der Waals surface area contributed by atoms with E-state index in [9.17, 15) is 4.79 Å². The Morgan fingerprint density at radius 1 is 1.47 bits per heavy atom. The van der Waals surface area contributed by atoms with Gasteiger partial charge in [-0.3, -0.25) is 4.79 Å². The van der Waals surface area contributed by atoms with Crippen molar-refractivity contribution in [3.05, 3.63) is 0 Å². The maximum Gasteiger partial charge on any atom is 0.223 e. The number of nitrogens with two attached hydrogens (primary N) is 1. The topological polar surface area (TPSA) is 55.6 Å². The smallest absolute Gasteiger partial charge is 0.223 e. The van der Waals surface area contributed by atoms with Crippen LogP contribution in [-0.2, 0) is 9.53 Å². The molecule has 0 radical (unpaired) electrons. The summed E-state index contributed by atoms with van der Waals surface area (Å²) in [5, 5.41) is 0. The highest BCUT2D eigenvalue weighted by Crippen LogP contribution is 2.14. The summed E-state index contributed by atoms with van der Waals surface area (Å²) in [6.07, 6.45) is 4.06. The van der Waals surface area contributed by atoms with Crippen LogP contribution in [0, 0.1) is 5.92 Å². The third kappa shape index (κ3) is 5.04. The van der Waals surface area contributed by atoms with E-state index in [1.54, 1.807) is 4.90 Å². The van der Waals surface area contributed by atoms with Crippen LogP contribution < -0.4 is 5.73 Å². The summed E-state index contributed by atoms with van der Waals surface area (Å²) in [4.78, 5) is 13.7. The fourth-order valence-corrected chi connectivity index (χ4v) is 1.95. The minimum atomic E-state index is -0.0442. The summed E-state index contributed by atoms with van der Waals surface area (Å²) in [5.41, 5.74) is 5.91. The summed E-state index contributed by atoms with van der Waals surface area (Å²) in [6, 6.07) is -0.0442. The van der Waals surface area contributed by atoms with Crippen LogP contribution >= 0.6 is 0 Å². The molecule has 1 fully saturated rings. The first-order valence-electron chi connectivity index (χ1n) is 6.62. The highest BCUT2D eigenvalue weighted by Gasteiger charge is 2.20. The first-order valence-corrected chi connectivity index (χ1v) is 6.62. The molecule has 1 amide bonds. The van der Waals surface area contributed by atoms with Gasteiger partial charge in [0.2, 0.25) is 5.91 Å². The Morgan fingerprint density at radius 3 is 2.71 bits per heavy atom. The lowest BCUT2D eigenvalue weighted by molar-refractivity contribution is -0.132. The van der Waals surface area contributed by atoms with Crippen LogP contribution in [0.25, 0.3) is 0 Å². The molecule has 100 valence electrons. The lowest BCUT2D eigenvalue weighted by Gasteiger charge is -2.28. The Morgan fingerprint density at radius 2 is 2.18 bits per heavy atom. The molecule has 0 saturated carbocycles. The van der Waals surface area contributed by atoms with E-state index in [0.717, 1.165) is 19.4 Å². The van der Waals surface area contributed by atoms with Crippen LogP contribution in [0.1, 0.15) is 39.5 Å². The van der Waals surface area contributed by atoms with E-state index < -0.39 is 0 Å². The molecule has 4 heteroatoms. The van der Waals surface area contributed by atoms with Crippen molar-refractivity contribution in [3.63, 3.8) is 0 Å². The van der Waals surface area contributed by atoms with Gasteiger partial charge in [0, 0.05) is 32.7 Å². The van der Waals surface area contributed by atoms with Gasteiger partial charge in [-0.2, -0.15) is 0 Å². The quantitative estimate of drug-likeness (QED) is 0.792. The third-order valence-electron chi connectivity index (χ3n) is 3.44. The van der Waals surface area contributed by atoms with Gasteiger partial charge in [-0.15, -0.1) is 0 Å². The van der Waals surface area contributed by atoms with Gasteiger partial charge in [0.05, 0.1) is 6.10 Å². The predicted molar refractivity (Wildman–Crippen MR) is 68.7 cm³/mol. The molecular formula is C13H26N2O2. The maximum absolute atomic E-state index is 11.9. The fraction of sp³-hybridized carbons (Fsp3) is 0.923. The number of rotatable bonds is 5. The number of ether oxygens (including phenoxy) is 1. The van der Waals surface area contributed by atoms with Gasteiger partial charge in [-0.25, -0.2) is 0 Å². The van der Waals surface area contributed by atoms with Gasteiger partial charge < -0.3 is 15.4 Å². The Labute approximate surface area is 104 Å². The number of hydrogen-bond donors (Lipinski definition) is 1. The van der Waals surface area contributed by atoms with Crippen molar-refractivity contribution in [2.24, 2.45) is 11.7 Å². The molecule has 0 bridgehead atoms. The van der Waals surface area contributed by atoms with Crippen LogP contribution in [0.15, 0.2) is 0 Å². The van der Waals surface area contributed by atoms with Crippen molar-refractivity contribution in [3.8, 4) is 0 Å². The number of carbonyl (C=O) groups excluding carboxylic acids is 1. The maximum atomic E-state index is 11.9. The van der Waals surface area contributed by atoms with E-state index in [4.69, 9.17) is 10.5 Å². The second-order valence-electron chi connectivity index (χ2n) is 5.37. The zero-order valence-corrected chi connectivity index (χ0v) is 11.3. The predicted octanol–water partition coefficient (Wildman–Crippen LogP) is 1.39. The van der Waals surface area contributed by atoms with Crippen molar-refractivity contribution < 1.29 is 9.53 Å². The van der Waals surface area contributed by atoms with Gasteiger partial charge in [-0.1, -0.05) is 13.8 Å². The Balaban J connectivity index is 2.30. The molecule has 0 aliphatic carbocycles. The Bertz CT molecular complexity index is 238. The van der Waals surface area contributed by atoms with E-state index in [1.165, 1.54) is 6.42 Å². The van der Waals surface area contributed by atoms with Crippen LogP contribution in [0.4, 0.5) is 0 Å². The highest BCUT2D eigenvalue weighted by atomic mass is 16.5. The molecule has 0 aromatic carbocycles. The molecule has 1 heterocycles. The van der Waals surface area contributed by atoms with Crippen LogP contribution in [0.5, 0.6) is 0 Å². The lowest BCUT2D eigenvalue weighted by atomic mass is 10.0. The fourth-order valence-electron chi connectivity index (χ4n) is 1.95. The van der Waals surface area contributed by atoms with Gasteiger partial charge >= 0.3 is 0 Å². The number of carbonyl (C=O) groups is 1. The molecule has 0 aromatic heterocycles. The molecule has 0 spiro atoms. The van der Waals surface area contributed by atoms with Crippen LogP contribution in [-0.4, -0.2) is 43.2 Å². The summed E-state index contributed by atoms with van der Waals surface area (Å²) >= 11 is 0. The van der Waals surface area contributed by atoms with Gasteiger partial charge in [-0.05, 0) is 25.2 Å². The standard InChI is InChI=1S/C13H26N2O2/c1-10(2)12(14)8-13(16)15(3)9-11-6-4-5-7-17-11/h10-12H,4-9,14H2,1-3H3. The summed E-state index contributed by atoms with van der Waals surface area (Å²) in [6.45, 7) is 5.62. The van der Waals surface area contributed by atoms with Crippen molar-refractivity contribution in [1.29, 1.82) is 0 Å². The molecule has 2 unspecified atom stereocenters. The molecule has 1 aliphatic rings. The first kappa shape index (κ1) is 14.5.